The smallest absolute Gasteiger partial charge is 0.331 e. The van der Waals surface area contributed by atoms with Crippen molar-refractivity contribution >= 4 is 23.4 Å². The van der Waals surface area contributed by atoms with Gasteiger partial charge in [-0.25, -0.2) is 14.7 Å². The fourth-order valence-electron chi connectivity index (χ4n) is 1.83. The summed E-state index contributed by atoms with van der Waals surface area (Å²) in [5.74, 6) is 0.516. The third-order valence-electron chi connectivity index (χ3n) is 3.15. The first-order valence-corrected chi connectivity index (χ1v) is 6.33. The van der Waals surface area contributed by atoms with Crippen molar-refractivity contribution in [1.29, 1.82) is 0 Å². The molecule has 3 amide bonds. The van der Waals surface area contributed by atoms with Crippen molar-refractivity contribution in [2.24, 2.45) is 0 Å². The summed E-state index contributed by atoms with van der Waals surface area (Å²) in [6.45, 7) is 4.27. The van der Waals surface area contributed by atoms with E-state index in [4.69, 9.17) is 0 Å². The van der Waals surface area contributed by atoms with Gasteiger partial charge in [0.05, 0.1) is 11.9 Å². The number of carbonyl (C=O) groups is 2. The Bertz CT molecular complexity index is 486. The standard InChI is InChI=1S/C13H18N4O2/c1-4-9(2)15-11-6-5-10(7-14-11)17-12(18)8-16(3)13(17)19/h5-7,9H,4,8H2,1-3H3,(H,14,15). The average Bonchev–Trinajstić information content (AvgIpc) is 2.64. The summed E-state index contributed by atoms with van der Waals surface area (Å²) in [5, 5.41) is 3.23. The van der Waals surface area contributed by atoms with Gasteiger partial charge in [-0.1, -0.05) is 6.92 Å². The van der Waals surface area contributed by atoms with Crippen LogP contribution in [0.1, 0.15) is 20.3 Å². The summed E-state index contributed by atoms with van der Waals surface area (Å²) in [5.41, 5.74) is 0.508. The van der Waals surface area contributed by atoms with Crippen LogP contribution in [0.5, 0.6) is 0 Å². The highest BCUT2D eigenvalue weighted by Crippen LogP contribution is 2.21. The van der Waals surface area contributed by atoms with Crippen LogP contribution in [0.3, 0.4) is 0 Å². The molecular formula is C13H18N4O2. The summed E-state index contributed by atoms with van der Waals surface area (Å²) >= 11 is 0. The predicted molar refractivity (Wildman–Crippen MR) is 73.1 cm³/mol. The van der Waals surface area contributed by atoms with Crippen LogP contribution in [-0.4, -0.2) is 41.5 Å². The molecule has 1 unspecified atom stereocenters. The number of aromatic nitrogens is 1. The number of hydrogen-bond donors (Lipinski definition) is 1. The van der Waals surface area contributed by atoms with E-state index in [9.17, 15) is 9.59 Å². The zero-order valence-corrected chi connectivity index (χ0v) is 11.4. The van der Waals surface area contributed by atoms with Gasteiger partial charge in [0.15, 0.2) is 0 Å². The first-order chi connectivity index (χ1) is 9.02. The Balaban J connectivity index is 2.14. The van der Waals surface area contributed by atoms with Crippen molar-refractivity contribution in [2.45, 2.75) is 26.3 Å². The third-order valence-corrected chi connectivity index (χ3v) is 3.15. The van der Waals surface area contributed by atoms with E-state index in [0.717, 1.165) is 17.1 Å². The summed E-state index contributed by atoms with van der Waals surface area (Å²) in [4.78, 5) is 30.3. The van der Waals surface area contributed by atoms with Gasteiger partial charge in [-0.3, -0.25) is 4.79 Å². The van der Waals surface area contributed by atoms with Crippen molar-refractivity contribution in [2.75, 3.05) is 23.8 Å². The van der Waals surface area contributed by atoms with Crippen LogP contribution >= 0.6 is 0 Å². The summed E-state index contributed by atoms with van der Waals surface area (Å²) in [6.07, 6.45) is 2.54. The molecule has 102 valence electrons. The third kappa shape index (κ3) is 2.67. The molecule has 1 N–H and O–H groups in total. The number of imide groups is 1. The molecule has 1 aromatic heterocycles. The van der Waals surface area contributed by atoms with E-state index in [1.165, 1.54) is 4.90 Å². The molecule has 0 aromatic carbocycles. The number of rotatable bonds is 4. The number of amides is 3. The number of anilines is 2. The van der Waals surface area contributed by atoms with Crippen LogP contribution in [0.2, 0.25) is 0 Å². The van der Waals surface area contributed by atoms with Gasteiger partial charge in [0.1, 0.15) is 12.4 Å². The topological polar surface area (TPSA) is 65.5 Å². The van der Waals surface area contributed by atoms with Gasteiger partial charge < -0.3 is 10.2 Å². The maximum Gasteiger partial charge on any atom is 0.331 e. The number of hydrogen-bond acceptors (Lipinski definition) is 4. The molecule has 0 saturated carbocycles. The van der Waals surface area contributed by atoms with Crippen LogP contribution < -0.4 is 10.2 Å². The maximum absolute atomic E-state index is 11.8. The molecule has 6 heteroatoms. The lowest BCUT2D eigenvalue weighted by atomic mass is 10.2. The van der Waals surface area contributed by atoms with Gasteiger partial charge in [0, 0.05) is 13.1 Å². The largest absolute Gasteiger partial charge is 0.368 e. The Morgan fingerprint density at radius 1 is 1.42 bits per heavy atom. The van der Waals surface area contributed by atoms with Gasteiger partial charge >= 0.3 is 6.03 Å². The molecule has 0 radical (unpaired) electrons. The quantitative estimate of drug-likeness (QED) is 0.839. The fourth-order valence-corrected chi connectivity index (χ4v) is 1.83. The molecule has 0 spiro atoms. The second-order valence-electron chi connectivity index (χ2n) is 4.72. The minimum absolute atomic E-state index is 0.117. The lowest BCUT2D eigenvalue weighted by Crippen LogP contribution is -2.31. The molecule has 19 heavy (non-hydrogen) atoms. The van der Waals surface area contributed by atoms with Crippen LogP contribution in [0.15, 0.2) is 18.3 Å². The summed E-state index contributed by atoms with van der Waals surface area (Å²) < 4.78 is 0. The number of nitrogens with zero attached hydrogens (tertiary/aromatic N) is 3. The Labute approximate surface area is 112 Å². The summed E-state index contributed by atoms with van der Waals surface area (Å²) in [7, 11) is 1.60. The highest BCUT2D eigenvalue weighted by atomic mass is 16.2. The van der Waals surface area contributed by atoms with Crippen LogP contribution in [0.25, 0.3) is 0 Å². The molecule has 2 heterocycles. The predicted octanol–water partition coefficient (Wildman–Crippen LogP) is 1.69. The van der Waals surface area contributed by atoms with Crippen molar-refractivity contribution < 1.29 is 9.59 Å². The highest BCUT2D eigenvalue weighted by molar-refractivity contribution is 6.19. The fraction of sp³-hybridized carbons (Fsp3) is 0.462. The van der Waals surface area contributed by atoms with Gasteiger partial charge in [0.2, 0.25) is 0 Å². The molecule has 0 bridgehead atoms. The van der Waals surface area contributed by atoms with Crippen LogP contribution in [0.4, 0.5) is 16.3 Å². The SMILES string of the molecule is CCC(C)Nc1ccc(N2C(=O)CN(C)C2=O)cn1. The molecule has 1 saturated heterocycles. The Morgan fingerprint density at radius 2 is 2.16 bits per heavy atom. The van der Waals surface area contributed by atoms with Gasteiger partial charge in [0.25, 0.3) is 5.91 Å². The molecule has 2 rings (SSSR count). The first kappa shape index (κ1) is 13.3. The van der Waals surface area contributed by atoms with E-state index in [2.05, 4.69) is 24.1 Å². The minimum atomic E-state index is -0.311. The van der Waals surface area contributed by atoms with E-state index in [0.29, 0.717) is 11.7 Å². The minimum Gasteiger partial charge on any atom is -0.368 e. The molecule has 1 fully saturated rings. The van der Waals surface area contributed by atoms with Crippen molar-refractivity contribution in [1.82, 2.24) is 9.88 Å². The van der Waals surface area contributed by atoms with Gasteiger partial charge in [-0.15, -0.1) is 0 Å². The van der Waals surface area contributed by atoms with Gasteiger partial charge in [-0.05, 0) is 25.5 Å². The lowest BCUT2D eigenvalue weighted by Gasteiger charge is -2.15. The zero-order chi connectivity index (χ0) is 14.0. The Kier molecular flexibility index (Phi) is 3.69. The first-order valence-electron chi connectivity index (χ1n) is 6.33. The number of carbonyl (C=O) groups excluding carboxylic acids is 2. The normalized spacial score (nSPS) is 17.0. The van der Waals surface area contributed by atoms with Crippen LogP contribution in [0, 0.1) is 0 Å². The maximum atomic E-state index is 11.8. The number of nitrogens with one attached hydrogen (secondary N) is 1. The Morgan fingerprint density at radius 3 is 2.63 bits per heavy atom. The molecular weight excluding hydrogens is 244 g/mol. The highest BCUT2D eigenvalue weighted by Gasteiger charge is 2.34. The van der Waals surface area contributed by atoms with Crippen molar-refractivity contribution in [3.05, 3.63) is 18.3 Å². The van der Waals surface area contributed by atoms with E-state index < -0.39 is 0 Å². The summed E-state index contributed by atoms with van der Waals surface area (Å²) in [6, 6.07) is 3.53. The molecule has 1 aromatic rings. The van der Waals surface area contributed by atoms with Crippen LogP contribution in [-0.2, 0) is 4.79 Å². The van der Waals surface area contributed by atoms with Crippen molar-refractivity contribution in [3.63, 3.8) is 0 Å². The number of urea groups is 1. The lowest BCUT2D eigenvalue weighted by molar-refractivity contribution is -0.116. The molecule has 6 nitrogen and oxygen atoms in total. The molecule has 1 aliphatic rings. The number of likely N-dealkylation sites (N-methyl/N-ethyl adjacent to an activating group) is 1. The molecule has 1 atom stereocenters. The number of pyridine rings is 1. The van der Waals surface area contributed by atoms with E-state index in [-0.39, 0.29) is 18.5 Å². The zero-order valence-electron chi connectivity index (χ0n) is 11.4. The van der Waals surface area contributed by atoms with E-state index >= 15 is 0 Å². The Hall–Kier alpha value is -2.11. The average molecular weight is 262 g/mol. The van der Waals surface area contributed by atoms with E-state index in [1.54, 1.807) is 25.4 Å². The van der Waals surface area contributed by atoms with Gasteiger partial charge in [-0.2, -0.15) is 0 Å². The van der Waals surface area contributed by atoms with E-state index in [1.807, 2.05) is 0 Å². The molecule has 0 aliphatic carbocycles. The second kappa shape index (κ2) is 5.26. The monoisotopic (exact) mass is 262 g/mol. The van der Waals surface area contributed by atoms with Crippen molar-refractivity contribution in [3.8, 4) is 0 Å². The second-order valence-corrected chi connectivity index (χ2v) is 4.72. The molecule has 1 aliphatic heterocycles.